The quantitative estimate of drug-likeness (QED) is 0.451. The number of fused-ring (bicyclic) bond motifs is 1. The third-order valence-corrected chi connectivity index (χ3v) is 6.65. The van der Waals surface area contributed by atoms with E-state index >= 15 is 0 Å². The van der Waals surface area contributed by atoms with Gasteiger partial charge in [0.1, 0.15) is 6.33 Å². The molecule has 1 atom stereocenters. The smallest absolute Gasteiger partial charge is 0.228 e. The molecule has 1 unspecified atom stereocenters. The van der Waals surface area contributed by atoms with E-state index in [-0.39, 0.29) is 24.2 Å². The van der Waals surface area contributed by atoms with Crippen molar-refractivity contribution in [3.8, 4) is 5.69 Å². The predicted molar refractivity (Wildman–Crippen MR) is 130 cm³/mol. The second-order valence-electron chi connectivity index (χ2n) is 8.76. The first-order valence-corrected chi connectivity index (χ1v) is 11.7. The zero-order valence-corrected chi connectivity index (χ0v) is 19.1. The minimum absolute atomic E-state index is 0.00179. The van der Waals surface area contributed by atoms with Gasteiger partial charge in [-0.2, -0.15) is 4.68 Å². The molecule has 0 spiro atoms. The number of anilines is 2. The summed E-state index contributed by atoms with van der Waals surface area (Å²) in [6.07, 6.45) is 1.78. The lowest BCUT2D eigenvalue weighted by Gasteiger charge is -2.36. The number of nitrogens with zero attached hydrogens (tertiary/aromatic N) is 8. The van der Waals surface area contributed by atoms with Gasteiger partial charge in [0, 0.05) is 44.8 Å². The van der Waals surface area contributed by atoms with E-state index in [1.165, 1.54) is 6.33 Å². The molecule has 2 saturated heterocycles. The van der Waals surface area contributed by atoms with Crippen LogP contribution in [-0.2, 0) is 9.59 Å². The number of hydrogen-bond acceptors (Lipinski definition) is 7. The Kier molecular flexibility index (Phi) is 5.32. The highest BCUT2D eigenvalue weighted by molar-refractivity contribution is 6.00. The number of carbonyl (C=O) groups excluding carboxylic acids is 2. The van der Waals surface area contributed by atoms with E-state index in [2.05, 4.69) is 25.2 Å². The van der Waals surface area contributed by atoms with Crippen LogP contribution in [0.3, 0.4) is 0 Å². The minimum Gasteiger partial charge on any atom is -0.351 e. The molecule has 4 heterocycles. The Bertz CT molecular complexity index is 1370. The number of para-hydroxylation sites is 2. The average Bonchev–Trinajstić information content (AvgIpc) is 3.53. The summed E-state index contributed by atoms with van der Waals surface area (Å²) < 4.78 is 1.70. The van der Waals surface area contributed by atoms with E-state index in [1.807, 2.05) is 65.6 Å². The maximum atomic E-state index is 13.2. The van der Waals surface area contributed by atoms with Crippen molar-refractivity contribution in [2.75, 3.05) is 42.5 Å². The van der Waals surface area contributed by atoms with E-state index in [0.29, 0.717) is 43.9 Å². The van der Waals surface area contributed by atoms with Gasteiger partial charge in [-0.05, 0) is 24.3 Å². The van der Waals surface area contributed by atoms with Gasteiger partial charge in [-0.15, -0.1) is 5.10 Å². The van der Waals surface area contributed by atoms with E-state index in [9.17, 15) is 9.59 Å². The van der Waals surface area contributed by atoms with Crippen molar-refractivity contribution >= 4 is 34.5 Å². The van der Waals surface area contributed by atoms with E-state index < -0.39 is 0 Å². The Hall–Kier alpha value is -4.34. The molecule has 35 heavy (non-hydrogen) atoms. The number of hydrogen-bond donors (Lipinski definition) is 0. The molecule has 2 aromatic heterocycles. The van der Waals surface area contributed by atoms with Gasteiger partial charge < -0.3 is 14.7 Å². The molecule has 0 N–H and O–H groups in total. The molecule has 6 rings (SSSR count). The highest BCUT2D eigenvalue weighted by Crippen LogP contribution is 2.28. The number of carbonyl (C=O) groups is 2. The molecule has 4 aromatic rings. The monoisotopic (exact) mass is 468 g/mol. The summed E-state index contributed by atoms with van der Waals surface area (Å²) in [4.78, 5) is 40.4. The summed E-state index contributed by atoms with van der Waals surface area (Å²) in [5.41, 5.74) is 3.00. The van der Waals surface area contributed by atoms with Gasteiger partial charge in [-0.1, -0.05) is 41.6 Å². The van der Waals surface area contributed by atoms with Gasteiger partial charge in [0.25, 0.3) is 0 Å². The molecule has 10 heteroatoms. The lowest BCUT2D eigenvalue weighted by Crippen LogP contribution is -2.51. The Morgan fingerprint density at radius 3 is 2.26 bits per heavy atom. The van der Waals surface area contributed by atoms with Gasteiger partial charge in [-0.3, -0.25) is 9.59 Å². The Morgan fingerprint density at radius 1 is 0.857 bits per heavy atom. The highest BCUT2D eigenvalue weighted by Gasteiger charge is 2.38. The Labute approximate surface area is 201 Å². The van der Waals surface area contributed by atoms with Crippen molar-refractivity contribution in [1.82, 2.24) is 29.9 Å². The van der Waals surface area contributed by atoms with Crippen LogP contribution < -0.4 is 9.80 Å². The first kappa shape index (κ1) is 21.2. The molecule has 10 nitrogen and oxygen atoms in total. The topological polar surface area (TPSA) is 100 Å². The fourth-order valence-electron chi connectivity index (χ4n) is 4.84. The molecule has 2 aliphatic heterocycles. The SMILES string of the molecule is O=C(C1CC(=O)N(c2ccccc2)C1)N1CCN(c2ncnc3c2nnn3-c2ccccc2)CC1. The lowest BCUT2D eigenvalue weighted by atomic mass is 10.1. The lowest BCUT2D eigenvalue weighted by molar-refractivity contribution is -0.136. The van der Waals surface area contributed by atoms with Crippen molar-refractivity contribution in [3.63, 3.8) is 0 Å². The Morgan fingerprint density at radius 2 is 1.54 bits per heavy atom. The molecule has 2 amide bonds. The number of benzene rings is 2. The summed E-state index contributed by atoms with van der Waals surface area (Å²) in [5, 5.41) is 8.65. The molecule has 0 aliphatic carbocycles. The van der Waals surface area contributed by atoms with Crippen LogP contribution in [0.25, 0.3) is 16.9 Å². The van der Waals surface area contributed by atoms with E-state index in [4.69, 9.17) is 0 Å². The zero-order chi connectivity index (χ0) is 23.8. The molecule has 2 fully saturated rings. The standard InChI is InChI=1S/C25H24N8O2/c34-21-15-18(16-32(21)19-7-3-1-4-8-19)25(35)31-13-11-30(12-14-31)23-22-24(27-17-26-23)33(29-28-22)20-9-5-2-6-10-20/h1-10,17-18H,11-16H2. The largest absolute Gasteiger partial charge is 0.351 e. The third-order valence-electron chi connectivity index (χ3n) is 6.65. The van der Waals surface area contributed by atoms with E-state index in [1.54, 1.807) is 9.58 Å². The van der Waals surface area contributed by atoms with Gasteiger partial charge in [-0.25, -0.2) is 9.97 Å². The van der Waals surface area contributed by atoms with Crippen LogP contribution >= 0.6 is 0 Å². The first-order chi connectivity index (χ1) is 17.2. The summed E-state index contributed by atoms with van der Waals surface area (Å²) in [6, 6.07) is 19.3. The van der Waals surface area contributed by atoms with Crippen LogP contribution in [0, 0.1) is 5.92 Å². The normalized spacial score (nSPS) is 18.5. The molecule has 176 valence electrons. The average molecular weight is 469 g/mol. The third kappa shape index (κ3) is 3.86. The Balaban J connectivity index is 1.14. The van der Waals surface area contributed by atoms with Crippen LogP contribution in [-0.4, -0.2) is 74.4 Å². The van der Waals surface area contributed by atoms with Gasteiger partial charge in [0.2, 0.25) is 11.8 Å². The molecule has 2 aromatic carbocycles. The minimum atomic E-state index is -0.314. The number of amides is 2. The van der Waals surface area contributed by atoms with Gasteiger partial charge in [0.15, 0.2) is 17.0 Å². The van der Waals surface area contributed by atoms with E-state index in [0.717, 1.165) is 17.2 Å². The molecule has 0 bridgehead atoms. The van der Waals surface area contributed by atoms with Crippen molar-refractivity contribution in [2.45, 2.75) is 6.42 Å². The molecule has 0 saturated carbocycles. The van der Waals surface area contributed by atoms with Crippen molar-refractivity contribution in [2.24, 2.45) is 5.92 Å². The summed E-state index contributed by atoms with van der Waals surface area (Å²) in [7, 11) is 0. The molecular weight excluding hydrogens is 444 g/mol. The molecular formula is C25H24N8O2. The van der Waals surface area contributed by atoms with Crippen LogP contribution in [0.15, 0.2) is 67.0 Å². The number of piperazine rings is 1. The maximum absolute atomic E-state index is 13.2. The van der Waals surface area contributed by atoms with Crippen LogP contribution in [0.2, 0.25) is 0 Å². The number of aromatic nitrogens is 5. The van der Waals surface area contributed by atoms with Crippen LogP contribution in [0.1, 0.15) is 6.42 Å². The van der Waals surface area contributed by atoms with Crippen molar-refractivity contribution < 1.29 is 9.59 Å². The summed E-state index contributed by atoms with van der Waals surface area (Å²) in [5.74, 6) is 0.443. The highest BCUT2D eigenvalue weighted by atomic mass is 16.2. The number of rotatable bonds is 4. The van der Waals surface area contributed by atoms with Crippen molar-refractivity contribution in [1.29, 1.82) is 0 Å². The first-order valence-electron chi connectivity index (χ1n) is 11.7. The van der Waals surface area contributed by atoms with Gasteiger partial charge >= 0.3 is 0 Å². The maximum Gasteiger partial charge on any atom is 0.228 e. The van der Waals surface area contributed by atoms with Crippen molar-refractivity contribution in [3.05, 3.63) is 67.0 Å². The van der Waals surface area contributed by atoms with Crippen LogP contribution in [0.4, 0.5) is 11.5 Å². The second-order valence-corrected chi connectivity index (χ2v) is 8.76. The predicted octanol–water partition coefficient (Wildman–Crippen LogP) is 1.91. The van der Waals surface area contributed by atoms with Crippen LogP contribution in [0.5, 0.6) is 0 Å². The zero-order valence-electron chi connectivity index (χ0n) is 19.1. The molecule has 0 radical (unpaired) electrons. The fraction of sp³-hybridized carbons (Fsp3) is 0.280. The fourth-order valence-corrected chi connectivity index (χ4v) is 4.84. The molecule has 2 aliphatic rings. The summed E-state index contributed by atoms with van der Waals surface area (Å²) >= 11 is 0. The second kappa shape index (κ2) is 8.79. The summed E-state index contributed by atoms with van der Waals surface area (Å²) in [6.45, 7) is 2.80. The van der Waals surface area contributed by atoms with Gasteiger partial charge in [0.05, 0.1) is 11.6 Å².